The highest BCUT2D eigenvalue weighted by Gasteiger charge is 2.18. The molecule has 1 aliphatic carbocycles. The van der Waals surface area contributed by atoms with Gasteiger partial charge in [0.15, 0.2) is 11.5 Å². The lowest BCUT2D eigenvalue weighted by Gasteiger charge is -2.20. The first-order valence-electron chi connectivity index (χ1n) is 9.30. The van der Waals surface area contributed by atoms with E-state index in [9.17, 15) is 4.79 Å². The number of fused-ring (bicyclic) bond motifs is 1. The molecule has 26 heavy (non-hydrogen) atoms. The van der Waals surface area contributed by atoms with E-state index in [4.69, 9.17) is 9.47 Å². The van der Waals surface area contributed by atoms with Gasteiger partial charge in [-0.3, -0.25) is 4.79 Å². The third-order valence-electron chi connectivity index (χ3n) is 5.13. The van der Waals surface area contributed by atoms with Gasteiger partial charge in [-0.1, -0.05) is 19.1 Å². The SMILES string of the molecule is CC[C@@H](NC(=O)c1ccc2c(c1)CCCC2)c1ccc(OC)c(OC)c1. The molecule has 0 spiro atoms. The topological polar surface area (TPSA) is 47.6 Å². The molecule has 0 bridgehead atoms. The van der Waals surface area contributed by atoms with Crippen LogP contribution in [0.1, 0.15) is 59.3 Å². The minimum Gasteiger partial charge on any atom is -0.493 e. The number of carbonyl (C=O) groups excluding carboxylic acids is 1. The van der Waals surface area contributed by atoms with Crippen LogP contribution in [-0.4, -0.2) is 20.1 Å². The number of rotatable bonds is 6. The Bertz CT molecular complexity index is 785. The molecule has 0 radical (unpaired) electrons. The molecule has 0 fully saturated rings. The van der Waals surface area contributed by atoms with Crippen LogP contribution in [0, 0.1) is 0 Å². The Hall–Kier alpha value is -2.49. The maximum atomic E-state index is 12.8. The van der Waals surface area contributed by atoms with Gasteiger partial charge in [0.2, 0.25) is 0 Å². The predicted octanol–water partition coefficient (Wildman–Crippen LogP) is 4.46. The summed E-state index contributed by atoms with van der Waals surface area (Å²) >= 11 is 0. The first kappa shape index (κ1) is 18.3. The Kier molecular flexibility index (Phi) is 5.82. The molecular formula is C22H27NO3. The zero-order valence-corrected chi connectivity index (χ0v) is 15.8. The van der Waals surface area contributed by atoms with Crippen LogP contribution in [0.4, 0.5) is 0 Å². The molecule has 1 aliphatic rings. The van der Waals surface area contributed by atoms with E-state index in [0.717, 1.165) is 30.4 Å². The summed E-state index contributed by atoms with van der Waals surface area (Å²) in [6, 6.07) is 11.8. The minimum atomic E-state index is -0.0710. The summed E-state index contributed by atoms with van der Waals surface area (Å²) in [4.78, 5) is 12.8. The fraction of sp³-hybridized carbons (Fsp3) is 0.409. The lowest BCUT2D eigenvalue weighted by atomic mass is 9.90. The first-order chi connectivity index (χ1) is 12.7. The van der Waals surface area contributed by atoms with Crippen LogP contribution in [0.5, 0.6) is 11.5 Å². The second-order valence-corrected chi connectivity index (χ2v) is 6.74. The molecule has 0 aliphatic heterocycles. The zero-order valence-electron chi connectivity index (χ0n) is 15.8. The lowest BCUT2D eigenvalue weighted by Crippen LogP contribution is -2.28. The smallest absolute Gasteiger partial charge is 0.251 e. The Morgan fingerprint density at radius 2 is 1.73 bits per heavy atom. The standard InChI is InChI=1S/C22H27NO3/c1-4-19(17-11-12-20(25-2)21(14-17)26-3)23-22(24)18-10-9-15-7-5-6-8-16(15)13-18/h9-14,19H,4-8H2,1-3H3,(H,23,24)/t19-/m1/s1. The molecule has 1 amide bonds. The van der Waals surface area contributed by atoms with Crippen LogP contribution in [0.2, 0.25) is 0 Å². The maximum Gasteiger partial charge on any atom is 0.251 e. The summed E-state index contributed by atoms with van der Waals surface area (Å²) in [6.07, 6.45) is 5.45. The van der Waals surface area contributed by atoms with Gasteiger partial charge in [-0.25, -0.2) is 0 Å². The first-order valence-corrected chi connectivity index (χ1v) is 9.30. The molecule has 1 atom stereocenters. The van der Waals surface area contributed by atoms with Crippen LogP contribution in [0.3, 0.4) is 0 Å². The van der Waals surface area contributed by atoms with Crippen molar-refractivity contribution in [1.82, 2.24) is 5.32 Å². The second-order valence-electron chi connectivity index (χ2n) is 6.74. The van der Waals surface area contributed by atoms with Crippen molar-refractivity contribution in [2.24, 2.45) is 0 Å². The Morgan fingerprint density at radius 1 is 1.00 bits per heavy atom. The van der Waals surface area contributed by atoms with Gasteiger partial charge in [0.05, 0.1) is 20.3 Å². The van der Waals surface area contributed by atoms with Crippen molar-refractivity contribution in [1.29, 1.82) is 0 Å². The van der Waals surface area contributed by atoms with E-state index < -0.39 is 0 Å². The summed E-state index contributed by atoms with van der Waals surface area (Å²) in [5.41, 5.74) is 4.46. The summed E-state index contributed by atoms with van der Waals surface area (Å²) in [7, 11) is 3.24. The van der Waals surface area contributed by atoms with Gasteiger partial charge in [0.1, 0.15) is 0 Å². The molecule has 0 unspecified atom stereocenters. The van der Waals surface area contributed by atoms with E-state index in [-0.39, 0.29) is 11.9 Å². The largest absolute Gasteiger partial charge is 0.493 e. The van der Waals surface area contributed by atoms with Crippen molar-refractivity contribution in [3.8, 4) is 11.5 Å². The van der Waals surface area contributed by atoms with Crippen molar-refractivity contribution in [2.75, 3.05) is 14.2 Å². The van der Waals surface area contributed by atoms with Crippen molar-refractivity contribution in [2.45, 2.75) is 45.1 Å². The lowest BCUT2D eigenvalue weighted by molar-refractivity contribution is 0.0935. The average molecular weight is 353 g/mol. The van der Waals surface area contributed by atoms with E-state index in [1.807, 2.05) is 24.3 Å². The van der Waals surface area contributed by atoms with Crippen molar-refractivity contribution in [3.63, 3.8) is 0 Å². The fourth-order valence-electron chi connectivity index (χ4n) is 3.61. The molecule has 2 aromatic carbocycles. The summed E-state index contributed by atoms with van der Waals surface area (Å²) in [6.45, 7) is 2.06. The number of ether oxygens (including phenoxy) is 2. The molecule has 0 heterocycles. The van der Waals surface area contributed by atoms with Gasteiger partial charge >= 0.3 is 0 Å². The number of aryl methyl sites for hydroxylation is 2. The quantitative estimate of drug-likeness (QED) is 0.834. The van der Waals surface area contributed by atoms with Gasteiger partial charge in [0, 0.05) is 5.56 Å². The summed E-state index contributed by atoms with van der Waals surface area (Å²) in [5.74, 6) is 1.33. The average Bonchev–Trinajstić information content (AvgIpc) is 2.70. The third-order valence-corrected chi connectivity index (χ3v) is 5.13. The normalized spacial score (nSPS) is 14.3. The molecule has 138 valence electrons. The highest BCUT2D eigenvalue weighted by molar-refractivity contribution is 5.94. The molecule has 0 aromatic heterocycles. The summed E-state index contributed by atoms with van der Waals surface area (Å²) < 4.78 is 10.7. The molecule has 3 rings (SSSR count). The number of nitrogens with one attached hydrogen (secondary N) is 1. The number of carbonyl (C=O) groups is 1. The van der Waals surface area contributed by atoms with E-state index in [1.165, 1.54) is 24.0 Å². The van der Waals surface area contributed by atoms with Gasteiger partial charge < -0.3 is 14.8 Å². The van der Waals surface area contributed by atoms with Crippen LogP contribution in [0.15, 0.2) is 36.4 Å². The van der Waals surface area contributed by atoms with Crippen molar-refractivity contribution < 1.29 is 14.3 Å². The van der Waals surface area contributed by atoms with Crippen LogP contribution < -0.4 is 14.8 Å². The molecule has 2 aromatic rings. The Morgan fingerprint density at radius 3 is 2.42 bits per heavy atom. The molecule has 0 saturated carbocycles. The van der Waals surface area contributed by atoms with Crippen molar-refractivity contribution in [3.05, 3.63) is 58.7 Å². The number of hydrogen-bond donors (Lipinski definition) is 1. The van der Waals surface area contributed by atoms with E-state index in [1.54, 1.807) is 14.2 Å². The monoisotopic (exact) mass is 353 g/mol. The van der Waals surface area contributed by atoms with Gasteiger partial charge in [0.25, 0.3) is 5.91 Å². The minimum absolute atomic E-state index is 0.0278. The third kappa shape index (κ3) is 3.85. The van der Waals surface area contributed by atoms with Crippen LogP contribution >= 0.6 is 0 Å². The maximum absolute atomic E-state index is 12.8. The highest BCUT2D eigenvalue weighted by atomic mass is 16.5. The number of amides is 1. The van der Waals surface area contributed by atoms with Crippen LogP contribution in [-0.2, 0) is 12.8 Å². The molecule has 4 heteroatoms. The number of methoxy groups -OCH3 is 2. The number of hydrogen-bond acceptors (Lipinski definition) is 3. The zero-order chi connectivity index (χ0) is 18.5. The number of benzene rings is 2. The molecule has 1 N–H and O–H groups in total. The predicted molar refractivity (Wildman–Crippen MR) is 103 cm³/mol. The van der Waals surface area contributed by atoms with E-state index >= 15 is 0 Å². The van der Waals surface area contributed by atoms with Crippen molar-refractivity contribution >= 4 is 5.91 Å². The van der Waals surface area contributed by atoms with E-state index in [0.29, 0.717) is 11.5 Å². The molecule has 4 nitrogen and oxygen atoms in total. The van der Waals surface area contributed by atoms with E-state index in [2.05, 4.69) is 24.4 Å². The molecule has 0 saturated heterocycles. The molecular weight excluding hydrogens is 326 g/mol. The van der Waals surface area contributed by atoms with Gasteiger partial charge in [-0.05, 0) is 73.1 Å². The van der Waals surface area contributed by atoms with Gasteiger partial charge in [-0.15, -0.1) is 0 Å². The summed E-state index contributed by atoms with van der Waals surface area (Å²) in [5, 5.41) is 3.16. The Balaban J connectivity index is 1.78. The fourth-order valence-corrected chi connectivity index (χ4v) is 3.61. The van der Waals surface area contributed by atoms with Crippen LogP contribution in [0.25, 0.3) is 0 Å². The van der Waals surface area contributed by atoms with Gasteiger partial charge in [-0.2, -0.15) is 0 Å². The highest BCUT2D eigenvalue weighted by Crippen LogP contribution is 2.31. The Labute approximate surface area is 155 Å². The second kappa shape index (κ2) is 8.26.